The molecule has 1 saturated carbocycles. The summed E-state index contributed by atoms with van der Waals surface area (Å²) in [5.41, 5.74) is 2.64. The summed E-state index contributed by atoms with van der Waals surface area (Å²) < 4.78 is 0. The van der Waals surface area contributed by atoms with Crippen LogP contribution >= 0.6 is 0 Å². The minimum atomic E-state index is -0.227. The van der Waals surface area contributed by atoms with Gasteiger partial charge in [-0.2, -0.15) is 0 Å². The van der Waals surface area contributed by atoms with Crippen LogP contribution in [0.15, 0.2) is 12.4 Å². The molecule has 1 aliphatic rings. The molecule has 7 heteroatoms. The molecular formula is C13H22N6O. The summed E-state index contributed by atoms with van der Waals surface area (Å²) in [5, 5.41) is 2.85. The van der Waals surface area contributed by atoms with Gasteiger partial charge in [0.25, 0.3) is 5.91 Å². The predicted molar refractivity (Wildman–Crippen MR) is 77.1 cm³/mol. The zero-order valence-electron chi connectivity index (χ0n) is 11.8. The van der Waals surface area contributed by atoms with Gasteiger partial charge in [-0.3, -0.25) is 9.78 Å². The third-order valence-corrected chi connectivity index (χ3v) is 3.71. The topological polar surface area (TPSA) is 96.2 Å². The first kappa shape index (κ1) is 14.7. The molecule has 1 heterocycles. The van der Waals surface area contributed by atoms with Gasteiger partial charge >= 0.3 is 0 Å². The lowest BCUT2D eigenvalue weighted by molar-refractivity contribution is 0.0942. The zero-order chi connectivity index (χ0) is 14.4. The van der Waals surface area contributed by atoms with Gasteiger partial charge in [-0.25, -0.2) is 10.8 Å². The third-order valence-electron chi connectivity index (χ3n) is 3.71. The number of carbonyl (C=O) groups is 1. The van der Waals surface area contributed by atoms with Crippen molar-refractivity contribution in [1.82, 2.24) is 20.2 Å². The van der Waals surface area contributed by atoms with Crippen molar-refractivity contribution in [3.8, 4) is 0 Å². The van der Waals surface area contributed by atoms with Gasteiger partial charge in [-0.15, -0.1) is 0 Å². The first-order chi connectivity index (χ1) is 9.70. The molecule has 20 heavy (non-hydrogen) atoms. The van der Waals surface area contributed by atoms with Crippen LogP contribution < -0.4 is 16.6 Å². The van der Waals surface area contributed by atoms with Crippen LogP contribution in [0.5, 0.6) is 0 Å². The van der Waals surface area contributed by atoms with E-state index < -0.39 is 0 Å². The number of aromatic nitrogens is 2. The van der Waals surface area contributed by atoms with Gasteiger partial charge in [0.15, 0.2) is 5.82 Å². The lowest BCUT2D eigenvalue weighted by Crippen LogP contribution is -2.37. The first-order valence-corrected chi connectivity index (χ1v) is 6.98. The van der Waals surface area contributed by atoms with Crippen molar-refractivity contribution < 1.29 is 4.79 Å². The van der Waals surface area contributed by atoms with E-state index in [-0.39, 0.29) is 11.6 Å². The van der Waals surface area contributed by atoms with Gasteiger partial charge in [0.05, 0.1) is 12.4 Å². The van der Waals surface area contributed by atoms with E-state index in [0.29, 0.717) is 18.4 Å². The SMILES string of the molecule is CN(CCNC(=O)c1cncc(NN)n1)C1CCCC1. The number of nitrogens with zero attached hydrogens (tertiary/aromatic N) is 3. The number of amides is 1. The maximum atomic E-state index is 11.9. The Morgan fingerprint density at radius 1 is 1.45 bits per heavy atom. The molecule has 7 nitrogen and oxygen atoms in total. The minimum absolute atomic E-state index is 0.227. The molecule has 1 aromatic rings. The lowest BCUT2D eigenvalue weighted by atomic mass is 10.2. The van der Waals surface area contributed by atoms with Crippen molar-refractivity contribution >= 4 is 11.7 Å². The molecule has 0 spiro atoms. The molecule has 0 aromatic carbocycles. The Balaban J connectivity index is 1.76. The Hall–Kier alpha value is -1.73. The number of nitrogens with one attached hydrogen (secondary N) is 2. The monoisotopic (exact) mass is 278 g/mol. The van der Waals surface area contributed by atoms with Crippen molar-refractivity contribution in [2.45, 2.75) is 31.7 Å². The molecule has 2 rings (SSSR count). The molecule has 1 aromatic heterocycles. The number of nitrogens with two attached hydrogens (primary N) is 1. The van der Waals surface area contributed by atoms with E-state index in [1.54, 1.807) is 0 Å². The summed E-state index contributed by atoms with van der Waals surface area (Å²) in [6.07, 6.45) is 8.05. The maximum absolute atomic E-state index is 11.9. The number of nitrogen functional groups attached to an aromatic ring is 1. The van der Waals surface area contributed by atoms with Crippen molar-refractivity contribution in [3.05, 3.63) is 18.1 Å². The van der Waals surface area contributed by atoms with E-state index in [1.807, 2.05) is 0 Å². The van der Waals surface area contributed by atoms with Crippen LogP contribution in [-0.2, 0) is 0 Å². The number of anilines is 1. The van der Waals surface area contributed by atoms with Crippen LogP contribution in [-0.4, -0.2) is 47.0 Å². The highest BCUT2D eigenvalue weighted by Crippen LogP contribution is 2.21. The van der Waals surface area contributed by atoms with Crippen LogP contribution in [0.3, 0.4) is 0 Å². The highest BCUT2D eigenvalue weighted by Gasteiger charge is 2.19. The average molecular weight is 278 g/mol. The quantitative estimate of drug-likeness (QED) is 0.514. The van der Waals surface area contributed by atoms with Crippen molar-refractivity contribution in [1.29, 1.82) is 0 Å². The van der Waals surface area contributed by atoms with Gasteiger partial charge < -0.3 is 15.6 Å². The van der Waals surface area contributed by atoms with E-state index >= 15 is 0 Å². The summed E-state index contributed by atoms with van der Waals surface area (Å²) in [5.74, 6) is 5.39. The van der Waals surface area contributed by atoms with Crippen molar-refractivity contribution in [3.63, 3.8) is 0 Å². The zero-order valence-corrected chi connectivity index (χ0v) is 11.8. The Morgan fingerprint density at radius 3 is 2.90 bits per heavy atom. The highest BCUT2D eigenvalue weighted by atomic mass is 16.1. The van der Waals surface area contributed by atoms with Gasteiger partial charge in [0, 0.05) is 19.1 Å². The van der Waals surface area contributed by atoms with E-state index in [2.05, 4.69) is 32.7 Å². The molecule has 1 aliphatic carbocycles. The molecule has 0 atom stereocenters. The van der Waals surface area contributed by atoms with Crippen LogP contribution in [0, 0.1) is 0 Å². The first-order valence-electron chi connectivity index (χ1n) is 6.98. The minimum Gasteiger partial charge on any atom is -0.349 e. The summed E-state index contributed by atoms with van der Waals surface area (Å²) in [4.78, 5) is 22.2. The molecule has 0 aliphatic heterocycles. The predicted octanol–water partition coefficient (Wildman–Crippen LogP) is 0.366. The van der Waals surface area contributed by atoms with Crippen molar-refractivity contribution in [2.75, 3.05) is 25.6 Å². The molecule has 4 N–H and O–H groups in total. The Morgan fingerprint density at radius 2 is 2.20 bits per heavy atom. The Labute approximate surface area is 118 Å². The van der Waals surface area contributed by atoms with E-state index in [0.717, 1.165) is 6.54 Å². The molecule has 0 radical (unpaired) electrons. The van der Waals surface area contributed by atoms with E-state index in [9.17, 15) is 4.79 Å². The summed E-state index contributed by atoms with van der Waals surface area (Å²) >= 11 is 0. The second-order valence-electron chi connectivity index (χ2n) is 5.11. The smallest absolute Gasteiger partial charge is 0.271 e. The standard InChI is InChI=1S/C13H22N6O/c1-19(10-4-2-3-5-10)7-6-16-13(20)11-8-15-9-12(17-11)18-14/h8-10H,2-7,14H2,1H3,(H,16,20)(H,17,18). The number of hydrazine groups is 1. The molecular weight excluding hydrogens is 256 g/mol. The second kappa shape index (κ2) is 7.16. The van der Waals surface area contributed by atoms with Gasteiger partial charge in [-0.1, -0.05) is 12.8 Å². The lowest BCUT2D eigenvalue weighted by Gasteiger charge is -2.23. The number of hydrogen-bond donors (Lipinski definition) is 3. The summed E-state index contributed by atoms with van der Waals surface area (Å²) in [6, 6.07) is 0.663. The Bertz CT molecular complexity index is 446. The van der Waals surface area contributed by atoms with Gasteiger partial charge in [0.1, 0.15) is 5.69 Å². The molecule has 1 fully saturated rings. The number of likely N-dealkylation sites (N-methyl/N-ethyl adjacent to an activating group) is 1. The molecule has 0 saturated heterocycles. The largest absolute Gasteiger partial charge is 0.349 e. The van der Waals surface area contributed by atoms with Crippen molar-refractivity contribution in [2.24, 2.45) is 5.84 Å². The van der Waals surface area contributed by atoms with Crippen LogP contribution in [0.2, 0.25) is 0 Å². The van der Waals surface area contributed by atoms with Gasteiger partial charge in [0.2, 0.25) is 0 Å². The molecule has 110 valence electrons. The number of rotatable bonds is 6. The maximum Gasteiger partial charge on any atom is 0.271 e. The van der Waals surface area contributed by atoms with E-state index in [1.165, 1.54) is 38.1 Å². The number of hydrogen-bond acceptors (Lipinski definition) is 6. The summed E-state index contributed by atoms with van der Waals surface area (Å²) in [7, 11) is 2.11. The van der Waals surface area contributed by atoms with Crippen LogP contribution in [0.25, 0.3) is 0 Å². The number of carbonyl (C=O) groups excluding carboxylic acids is 1. The fourth-order valence-corrected chi connectivity index (χ4v) is 2.51. The van der Waals surface area contributed by atoms with Gasteiger partial charge in [-0.05, 0) is 19.9 Å². The van der Waals surface area contributed by atoms with Crippen LogP contribution in [0.1, 0.15) is 36.2 Å². The second-order valence-corrected chi connectivity index (χ2v) is 5.11. The normalized spacial score (nSPS) is 15.6. The van der Waals surface area contributed by atoms with E-state index in [4.69, 9.17) is 5.84 Å². The molecule has 0 unspecified atom stereocenters. The fourth-order valence-electron chi connectivity index (χ4n) is 2.51. The molecule has 1 amide bonds. The fraction of sp³-hybridized carbons (Fsp3) is 0.615. The third kappa shape index (κ3) is 3.88. The highest BCUT2D eigenvalue weighted by molar-refractivity contribution is 5.92. The average Bonchev–Trinajstić information content (AvgIpc) is 3.01. The Kier molecular flexibility index (Phi) is 5.25. The van der Waals surface area contributed by atoms with Crippen LogP contribution in [0.4, 0.5) is 5.82 Å². The summed E-state index contributed by atoms with van der Waals surface area (Å²) in [6.45, 7) is 1.45. The molecule has 0 bridgehead atoms.